The zero-order valence-electron chi connectivity index (χ0n) is 13.5. The molecule has 0 N–H and O–H groups in total. The van der Waals surface area contributed by atoms with Gasteiger partial charge >= 0.3 is 5.97 Å². The van der Waals surface area contributed by atoms with Crippen molar-refractivity contribution in [1.82, 2.24) is 0 Å². The first-order valence-electron chi connectivity index (χ1n) is 7.88. The molecule has 3 aromatic rings. The molecule has 0 saturated heterocycles. The topological polar surface area (TPSA) is 43.4 Å². The van der Waals surface area contributed by atoms with Gasteiger partial charge in [0.25, 0.3) is 0 Å². The van der Waals surface area contributed by atoms with Crippen molar-refractivity contribution in [3.63, 3.8) is 0 Å². The first kappa shape index (κ1) is 16.4. The number of rotatable bonds is 5. The number of hydrogen-bond donors (Lipinski definition) is 0. The average molecular weight is 328 g/mol. The summed E-state index contributed by atoms with van der Waals surface area (Å²) in [6.07, 6.45) is 3.02. The number of ether oxygens (including phenoxy) is 1. The van der Waals surface area contributed by atoms with Crippen molar-refractivity contribution < 1.29 is 14.3 Å². The second-order valence-corrected chi connectivity index (χ2v) is 5.36. The van der Waals surface area contributed by atoms with E-state index in [1.165, 1.54) is 6.08 Å². The molecule has 0 spiro atoms. The van der Waals surface area contributed by atoms with Crippen LogP contribution in [0.1, 0.15) is 21.5 Å². The zero-order chi connectivity index (χ0) is 17.5. The van der Waals surface area contributed by atoms with Crippen LogP contribution in [0.25, 0.3) is 6.08 Å². The molecule has 3 heteroatoms. The molecule has 0 aliphatic rings. The summed E-state index contributed by atoms with van der Waals surface area (Å²) in [5.74, 6) is -0.465. The Balaban J connectivity index is 1.78. The summed E-state index contributed by atoms with van der Waals surface area (Å²) >= 11 is 0. The molecule has 0 aliphatic carbocycles. The molecule has 0 fully saturated rings. The van der Waals surface area contributed by atoms with Gasteiger partial charge in [0.05, 0.1) is 5.56 Å². The van der Waals surface area contributed by atoms with Gasteiger partial charge in [0, 0.05) is 11.6 Å². The maximum Gasteiger partial charge on any atom is 0.336 e. The Bertz CT molecular complexity index is 897. The highest BCUT2D eigenvalue weighted by atomic mass is 16.5. The highest BCUT2D eigenvalue weighted by Crippen LogP contribution is 2.22. The van der Waals surface area contributed by atoms with Gasteiger partial charge in [0.1, 0.15) is 5.75 Å². The maximum atomic E-state index is 12.6. The smallest absolute Gasteiger partial charge is 0.336 e. The van der Waals surface area contributed by atoms with Gasteiger partial charge in [-0.25, -0.2) is 4.79 Å². The Kier molecular flexibility index (Phi) is 5.17. The largest absolute Gasteiger partial charge is 0.423 e. The van der Waals surface area contributed by atoms with Gasteiger partial charge in [0.2, 0.25) is 0 Å². The molecule has 3 nitrogen and oxygen atoms in total. The molecule has 0 heterocycles. The molecule has 0 amide bonds. The number of ketones is 1. The van der Waals surface area contributed by atoms with Crippen molar-refractivity contribution in [2.75, 3.05) is 0 Å². The molecule has 25 heavy (non-hydrogen) atoms. The van der Waals surface area contributed by atoms with Crippen LogP contribution in [-0.2, 0) is 4.79 Å². The van der Waals surface area contributed by atoms with E-state index in [1.807, 2.05) is 36.4 Å². The third-order valence-electron chi connectivity index (χ3n) is 3.59. The van der Waals surface area contributed by atoms with Crippen molar-refractivity contribution in [2.24, 2.45) is 0 Å². The Hall–Kier alpha value is -3.46. The fourth-order valence-electron chi connectivity index (χ4n) is 2.36. The molecule has 3 rings (SSSR count). The van der Waals surface area contributed by atoms with Crippen molar-refractivity contribution >= 4 is 17.8 Å². The third-order valence-corrected chi connectivity index (χ3v) is 3.59. The first-order valence-corrected chi connectivity index (χ1v) is 7.88. The van der Waals surface area contributed by atoms with Crippen molar-refractivity contribution in [2.45, 2.75) is 0 Å². The maximum absolute atomic E-state index is 12.6. The Labute approximate surface area is 146 Å². The van der Waals surface area contributed by atoms with Crippen LogP contribution in [0, 0.1) is 0 Å². The standard InChI is InChI=1S/C22H16O3/c23-21(16-15-17-9-3-1-4-10-17)25-20-14-8-7-13-19(20)22(24)18-11-5-2-6-12-18/h1-16H. The molecule has 0 aliphatic heterocycles. The van der Waals surface area contributed by atoms with E-state index < -0.39 is 5.97 Å². The lowest BCUT2D eigenvalue weighted by atomic mass is 10.0. The second-order valence-electron chi connectivity index (χ2n) is 5.36. The second kappa shape index (κ2) is 7.88. The van der Waals surface area contributed by atoms with Crippen LogP contribution in [0.15, 0.2) is 91.0 Å². The predicted octanol–water partition coefficient (Wildman–Crippen LogP) is 4.54. The lowest BCUT2D eigenvalue weighted by Crippen LogP contribution is -2.09. The lowest BCUT2D eigenvalue weighted by Gasteiger charge is -2.08. The van der Waals surface area contributed by atoms with Gasteiger partial charge in [0.15, 0.2) is 5.78 Å². The molecule has 0 radical (unpaired) electrons. The van der Waals surface area contributed by atoms with Gasteiger partial charge in [-0.3, -0.25) is 4.79 Å². The summed E-state index contributed by atoms with van der Waals surface area (Å²) in [7, 11) is 0. The Morgan fingerprint density at radius 1 is 0.720 bits per heavy atom. The van der Waals surface area contributed by atoms with Gasteiger partial charge in [-0.2, -0.15) is 0 Å². The van der Waals surface area contributed by atoms with E-state index in [1.54, 1.807) is 54.6 Å². The van der Waals surface area contributed by atoms with Crippen LogP contribution in [0.5, 0.6) is 5.75 Å². The quantitative estimate of drug-likeness (QED) is 0.299. The monoisotopic (exact) mass is 328 g/mol. The normalized spacial score (nSPS) is 10.6. The first-order chi connectivity index (χ1) is 12.2. The van der Waals surface area contributed by atoms with Crippen LogP contribution in [0.2, 0.25) is 0 Å². The van der Waals surface area contributed by atoms with Crippen LogP contribution < -0.4 is 4.74 Å². The van der Waals surface area contributed by atoms with Crippen LogP contribution in [-0.4, -0.2) is 11.8 Å². The van der Waals surface area contributed by atoms with Crippen molar-refractivity contribution in [3.8, 4) is 5.75 Å². The highest BCUT2D eigenvalue weighted by molar-refractivity contribution is 6.11. The number of esters is 1. The molecule has 3 aromatic carbocycles. The van der Waals surface area contributed by atoms with E-state index in [9.17, 15) is 9.59 Å². The fourth-order valence-corrected chi connectivity index (χ4v) is 2.36. The van der Waals surface area contributed by atoms with Gasteiger partial charge in [-0.1, -0.05) is 72.8 Å². The molecule has 0 bridgehead atoms. The highest BCUT2D eigenvalue weighted by Gasteiger charge is 2.15. The number of benzene rings is 3. The molecular formula is C22H16O3. The minimum absolute atomic E-state index is 0.184. The summed E-state index contributed by atoms with van der Waals surface area (Å²) in [4.78, 5) is 24.7. The molecule has 122 valence electrons. The van der Waals surface area contributed by atoms with E-state index >= 15 is 0 Å². The number of carbonyl (C=O) groups excluding carboxylic acids is 2. The molecule has 0 unspecified atom stereocenters. The minimum atomic E-state index is -0.530. The SMILES string of the molecule is O=C(C=Cc1ccccc1)Oc1ccccc1C(=O)c1ccccc1. The van der Waals surface area contributed by atoms with Gasteiger partial charge < -0.3 is 4.74 Å². The third kappa shape index (κ3) is 4.30. The summed E-state index contributed by atoms with van der Waals surface area (Å²) in [6, 6.07) is 25.1. The minimum Gasteiger partial charge on any atom is -0.423 e. The lowest BCUT2D eigenvalue weighted by molar-refractivity contribution is -0.128. The molecule has 0 atom stereocenters. The van der Waals surface area contributed by atoms with Gasteiger partial charge in [-0.05, 0) is 23.8 Å². The van der Waals surface area contributed by atoms with Crippen LogP contribution in [0.3, 0.4) is 0 Å². The van der Waals surface area contributed by atoms with Crippen molar-refractivity contribution in [1.29, 1.82) is 0 Å². The summed E-state index contributed by atoms with van der Waals surface area (Å²) < 4.78 is 5.36. The van der Waals surface area contributed by atoms with Crippen molar-refractivity contribution in [3.05, 3.63) is 108 Å². The Morgan fingerprint density at radius 3 is 2.04 bits per heavy atom. The number of carbonyl (C=O) groups is 2. The predicted molar refractivity (Wildman–Crippen MR) is 97.4 cm³/mol. The summed E-state index contributed by atoms with van der Waals surface area (Å²) in [6.45, 7) is 0. The summed E-state index contributed by atoms with van der Waals surface area (Å²) in [5, 5.41) is 0. The zero-order valence-corrected chi connectivity index (χ0v) is 13.5. The summed E-state index contributed by atoms with van der Waals surface area (Å²) in [5.41, 5.74) is 1.80. The number of para-hydroxylation sites is 1. The van der Waals surface area contributed by atoms with E-state index in [2.05, 4.69) is 0 Å². The van der Waals surface area contributed by atoms with Crippen LogP contribution in [0.4, 0.5) is 0 Å². The fraction of sp³-hybridized carbons (Fsp3) is 0. The Morgan fingerprint density at radius 2 is 1.32 bits per heavy atom. The van der Waals surface area contributed by atoms with E-state index in [0.717, 1.165) is 5.56 Å². The van der Waals surface area contributed by atoms with Gasteiger partial charge in [-0.15, -0.1) is 0 Å². The molecular weight excluding hydrogens is 312 g/mol. The average Bonchev–Trinajstić information content (AvgIpc) is 2.68. The molecule has 0 saturated carbocycles. The van der Waals surface area contributed by atoms with E-state index in [0.29, 0.717) is 11.1 Å². The molecule has 0 aromatic heterocycles. The van der Waals surface area contributed by atoms with E-state index in [-0.39, 0.29) is 11.5 Å². The number of hydrogen-bond acceptors (Lipinski definition) is 3. The van der Waals surface area contributed by atoms with Crippen LogP contribution >= 0.6 is 0 Å². The van der Waals surface area contributed by atoms with E-state index in [4.69, 9.17) is 4.74 Å².